The van der Waals surface area contributed by atoms with Crippen LogP contribution in [0.2, 0.25) is 0 Å². The number of urea groups is 1. The first-order valence-corrected chi connectivity index (χ1v) is 7.65. The fourth-order valence-corrected chi connectivity index (χ4v) is 2.04. The van der Waals surface area contributed by atoms with Gasteiger partial charge in [0.1, 0.15) is 6.04 Å². The molecule has 3 N–H and O–H groups in total. The van der Waals surface area contributed by atoms with Crippen molar-refractivity contribution in [3.63, 3.8) is 0 Å². The van der Waals surface area contributed by atoms with Crippen LogP contribution in [0.4, 0.5) is 4.79 Å². The number of hydrogen-bond acceptors (Lipinski definition) is 4. The van der Waals surface area contributed by atoms with Crippen molar-refractivity contribution in [2.45, 2.75) is 38.3 Å². The molecule has 0 aliphatic heterocycles. The van der Waals surface area contributed by atoms with Crippen molar-refractivity contribution in [1.29, 1.82) is 0 Å². The van der Waals surface area contributed by atoms with Crippen molar-refractivity contribution in [1.82, 2.24) is 10.2 Å². The molecule has 0 rings (SSSR count). The third-order valence-corrected chi connectivity index (χ3v) is 3.61. The summed E-state index contributed by atoms with van der Waals surface area (Å²) in [4.78, 5) is 34.8. The monoisotopic (exact) mass is 306 g/mol. The van der Waals surface area contributed by atoms with Crippen LogP contribution in [0.25, 0.3) is 0 Å². The van der Waals surface area contributed by atoms with E-state index >= 15 is 0 Å². The third kappa shape index (κ3) is 7.22. The molecule has 116 valence electrons. The first-order valence-electron chi connectivity index (χ1n) is 6.26. The van der Waals surface area contributed by atoms with Gasteiger partial charge < -0.3 is 20.4 Å². The van der Waals surface area contributed by atoms with Crippen molar-refractivity contribution in [3.05, 3.63) is 0 Å². The van der Waals surface area contributed by atoms with Crippen LogP contribution < -0.4 is 5.32 Å². The van der Waals surface area contributed by atoms with Crippen LogP contribution in [0.15, 0.2) is 0 Å². The lowest BCUT2D eigenvalue weighted by Gasteiger charge is -2.26. The van der Waals surface area contributed by atoms with Crippen LogP contribution in [0.3, 0.4) is 0 Å². The predicted octanol–water partition coefficient (Wildman–Crippen LogP) is 1.09. The Morgan fingerprint density at radius 2 is 1.85 bits per heavy atom. The minimum absolute atomic E-state index is 0.0173. The van der Waals surface area contributed by atoms with Gasteiger partial charge in [-0.15, -0.1) is 0 Å². The Labute approximate surface area is 122 Å². The number of nitrogens with one attached hydrogen (secondary N) is 1. The van der Waals surface area contributed by atoms with Crippen LogP contribution in [0.1, 0.15) is 26.2 Å². The normalized spacial score (nSPS) is 13.3. The van der Waals surface area contributed by atoms with Gasteiger partial charge in [0.25, 0.3) is 0 Å². The molecule has 8 heteroatoms. The summed E-state index contributed by atoms with van der Waals surface area (Å²) in [6.45, 7) is 1.88. The SMILES string of the molecule is CSCCC(C)N(C)C(=O)NC(CCC(=O)O)C(=O)O. The number of thioether (sulfide) groups is 1. The molecule has 7 nitrogen and oxygen atoms in total. The van der Waals surface area contributed by atoms with E-state index in [1.54, 1.807) is 18.8 Å². The van der Waals surface area contributed by atoms with E-state index in [4.69, 9.17) is 10.2 Å². The molecule has 0 aromatic carbocycles. The van der Waals surface area contributed by atoms with E-state index in [-0.39, 0.29) is 18.9 Å². The molecule has 0 aromatic rings. The highest BCUT2D eigenvalue weighted by molar-refractivity contribution is 7.98. The van der Waals surface area contributed by atoms with E-state index in [9.17, 15) is 14.4 Å². The number of aliphatic carboxylic acids is 2. The summed E-state index contributed by atoms with van der Waals surface area (Å²) in [6.07, 6.45) is 2.34. The molecule has 2 unspecified atom stereocenters. The van der Waals surface area contributed by atoms with Crippen LogP contribution >= 0.6 is 11.8 Å². The lowest BCUT2D eigenvalue weighted by Crippen LogP contribution is -2.49. The van der Waals surface area contributed by atoms with Crippen LogP contribution in [0.5, 0.6) is 0 Å². The molecule has 2 atom stereocenters. The second-order valence-electron chi connectivity index (χ2n) is 4.51. The minimum atomic E-state index is -1.23. The maximum Gasteiger partial charge on any atom is 0.326 e. The van der Waals surface area contributed by atoms with Gasteiger partial charge in [-0.3, -0.25) is 4.79 Å². The summed E-state index contributed by atoms with van der Waals surface area (Å²) in [5.74, 6) is -1.42. The van der Waals surface area contributed by atoms with E-state index in [1.165, 1.54) is 4.90 Å². The quantitative estimate of drug-likeness (QED) is 0.588. The van der Waals surface area contributed by atoms with Gasteiger partial charge >= 0.3 is 18.0 Å². The average molecular weight is 306 g/mol. The number of hydrogen-bond donors (Lipinski definition) is 3. The van der Waals surface area contributed by atoms with Crippen molar-refractivity contribution >= 4 is 29.7 Å². The highest BCUT2D eigenvalue weighted by atomic mass is 32.2. The second-order valence-corrected chi connectivity index (χ2v) is 5.50. The molecule has 0 aromatic heterocycles. The zero-order valence-corrected chi connectivity index (χ0v) is 12.8. The first kappa shape index (κ1) is 18.6. The first-order chi connectivity index (χ1) is 9.29. The zero-order valence-electron chi connectivity index (χ0n) is 12.0. The zero-order chi connectivity index (χ0) is 15.7. The number of carboxylic acids is 2. The van der Waals surface area contributed by atoms with E-state index in [2.05, 4.69) is 5.32 Å². The molecule has 20 heavy (non-hydrogen) atoms. The second kappa shape index (κ2) is 9.46. The summed E-state index contributed by atoms with van der Waals surface area (Å²) in [5, 5.41) is 19.9. The molecule has 0 aliphatic rings. The summed E-state index contributed by atoms with van der Waals surface area (Å²) in [5.41, 5.74) is 0. The molecule has 0 spiro atoms. The van der Waals surface area contributed by atoms with Crippen molar-refractivity contribution in [2.75, 3.05) is 19.1 Å². The summed E-state index contributed by atoms with van der Waals surface area (Å²) >= 11 is 1.67. The van der Waals surface area contributed by atoms with Crippen molar-refractivity contribution < 1.29 is 24.6 Å². The van der Waals surface area contributed by atoms with Gasteiger partial charge in [0, 0.05) is 19.5 Å². The summed E-state index contributed by atoms with van der Waals surface area (Å²) < 4.78 is 0. The minimum Gasteiger partial charge on any atom is -0.481 e. The van der Waals surface area contributed by atoms with Gasteiger partial charge in [0.15, 0.2) is 0 Å². The van der Waals surface area contributed by atoms with E-state index in [0.29, 0.717) is 0 Å². The van der Waals surface area contributed by atoms with Crippen molar-refractivity contribution in [2.24, 2.45) is 0 Å². The Hall–Kier alpha value is -1.44. The molecule has 0 fully saturated rings. The Kier molecular flexibility index (Phi) is 8.78. The Balaban J connectivity index is 4.43. The van der Waals surface area contributed by atoms with E-state index < -0.39 is 24.0 Å². The van der Waals surface area contributed by atoms with Crippen molar-refractivity contribution in [3.8, 4) is 0 Å². The maximum absolute atomic E-state index is 11.9. The van der Waals surface area contributed by atoms with Crippen LogP contribution in [-0.2, 0) is 9.59 Å². The Morgan fingerprint density at radius 3 is 2.30 bits per heavy atom. The topological polar surface area (TPSA) is 107 Å². The molecule has 0 bridgehead atoms. The third-order valence-electron chi connectivity index (χ3n) is 2.96. The highest BCUT2D eigenvalue weighted by Gasteiger charge is 2.24. The van der Waals surface area contributed by atoms with Crippen LogP contribution in [0, 0.1) is 0 Å². The van der Waals surface area contributed by atoms with Gasteiger partial charge in [-0.2, -0.15) is 11.8 Å². The van der Waals surface area contributed by atoms with E-state index in [1.807, 2.05) is 13.2 Å². The lowest BCUT2D eigenvalue weighted by molar-refractivity contribution is -0.140. The molecule has 0 heterocycles. The number of rotatable bonds is 9. The van der Waals surface area contributed by atoms with Gasteiger partial charge in [-0.25, -0.2) is 9.59 Å². The number of carbonyl (C=O) groups is 3. The van der Waals surface area contributed by atoms with Gasteiger partial charge in [-0.1, -0.05) is 0 Å². The number of nitrogens with zero attached hydrogens (tertiary/aromatic N) is 1. The molecule has 0 saturated heterocycles. The average Bonchev–Trinajstić information content (AvgIpc) is 2.38. The Morgan fingerprint density at radius 1 is 1.25 bits per heavy atom. The number of carboxylic acid groups (broad SMARTS) is 2. The number of carbonyl (C=O) groups excluding carboxylic acids is 1. The standard InChI is InChI=1S/C12H22N2O5S/c1-8(6-7-20-3)14(2)12(19)13-9(11(17)18)4-5-10(15)16/h8-9H,4-7H2,1-3H3,(H,13,19)(H,15,16)(H,17,18). The molecule has 0 saturated carbocycles. The summed E-state index contributed by atoms with van der Waals surface area (Å²) in [6, 6.07) is -1.71. The highest BCUT2D eigenvalue weighted by Crippen LogP contribution is 2.07. The fourth-order valence-electron chi connectivity index (χ4n) is 1.46. The van der Waals surface area contributed by atoms with Gasteiger partial charge in [0.2, 0.25) is 0 Å². The van der Waals surface area contributed by atoms with E-state index in [0.717, 1.165) is 12.2 Å². The molecule has 0 aliphatic carbocycles. The van der Waals surface area contributed by atoms with Gasteiger partial charge in [-0.05, 0) is 31.8 Å². The molecular formula is C12H22N2O5S. The smallest absolute Gasteiger partial charge is 0.326 e. The largest absolute Gasteiger partial charge is 0.481 e. The molecule has 2 amide bonds. The maximum atomic E-state index is 11.9. The Bertz CT molecular complexity index is 351. The predicted molar refractivity (Wildman–Crippen MR) is 77.0 cm³/mol. The van der Waals surface area contributed by atoms with Crippen LogP contribution in [-0.4, -0.2) is 64.2 Å². The molecular weight excluding hydrogens is 284 g/mol. The lowest BCUT2D eigenvalue weighted by atomic mass is 10.1. The molecule has 0 radical (unpaired) electrons. The van der Waals surface area contributed by atoms with Gasteiger partial charge in [0.05, 0.1) is 0 Å². The fraction of sp³-hybridized carbons (Fsp3) is 0.750. The number of amides is 2. The summed E-state index contributed by atoms with van der Waals surface area (Å²) in [7, 11) is 1.59.